The first kappa shape index (κ1) is 17.6. The minimum Gasteiger partial charge on any atom is -0.323 e. The molecule has 3 aromatic carbocycles. The highest BCUT2D eigenvalue weighted by atomic mass is 15.1. The zero-order valence-corrected chi connectivity index (χ0v) is 16.4. The summed E-state index contributed by atoms with van der Waals surface area (Å²) < 4.78 is 2.30. The lowest BCUT2D eigenvalue weighted by Gasteiger charge is -2.12. The highest BCUT2D eigenvalue weighted by molar-refractivity contribution is 5.88. The van der Waals surface area contributed by atoms with E-state index in [1.807, 2.05) is 48.5 Å². The molecule has 2 heterocycles. The predicted octanol–water partition coefficient (Wildman–Crippen LogP) is 6.11. The Morgan fingerprint density at radius 2 is 1.28 bits per heavy atom. The number of para-hydroxylation sites is 4. The molecule has 4 nitrogen and oxygen atoms in total. The molecule has 0 saturated carbocycles. The molecule has 0 bridgehead atoms. The van der Waals surface area contributed by atoms with Crippen molar-refractivity contribution in [3.8, 4) is 22.8 Å². The molecule has 5 rings (SSSR count). The lowest BCUT2D eigenvalue weighted by molar-refractivity contribution is 0.650. The fourth-order valence-electron chi connectivity index (χ4n) is 3.75. The van der Waals surface area contributed by atoms with Crippen LogP contribution in [0, 0.1) is 0 Å². The lowest BCUT2D eigenvalue weighted by Crippen LogP contribution is -2.04. The molecule has 29 heavy (non-hydrogen) atoms. The number of imidazole rings is 1. The van der Waals surface area contributed by atoms with Gasteiger partial charge in [-0.1, -0.05) is 67.9 Å². The average molecular weight is 378 g/mol. The van der Waals surface area contributed by atoms with Crippen molar-refractivity contribution in [1.82, 2.24) is 19.5 Å². The van der Waals surface area contributed by atoms with Crippen LogP contribution in [0.2, 0.25) is 0 Å². The van der Waals surface area contributed by atoms with Gasteiger partial charge in [-0.3, -0.25) is 0 Å². The Bertz CT molecular complexity index is 1290. The SMILES string of the molecule is CCCCn1c(-c2nc3ccccc3nc2-c2ccccc2)nc2ccccc21. The third-order valence-corrected chi connectivity index (χ3v) is 5.22. The van der Waals surface area contributed by atoms with E-state index in [1.54, 1.807) is 0 Å². The third-order valence-electron chi connectivity index (χ3n) is 5.22. The zero-order chi connectivity index (χ0) is 19.6. The summed E-state index contributed by atoms with van der Waals surface area (Å²) in [6, 6.07) is 26.6. The molecule has 0 aliphatic carbocycles. The number of aromatic nitrogens is 4. The van der Waals surface area contributed by atoms with Gasteiger partial charge in [-0.2, -0.15) is 0 Å². The van der Waals surface area contributed by atoms with Crippen LogP contribution >= 0.6 is 0 Å². The Hall–Kier alpha value is -3.53. The maximum atomic E-state index is 5.04. The average Bonchev–Trinajstić information content (AvgIpc) is 3.15. The second kappa shape index (κ2) is 7.47. The van der Waals surface area contributed by atoms with E-state index in [1.165, 1.54) is 0 Å². The third kappa shape index (κ3) is 3.17. The molecule has 0 unspecified atom stereocenters. The molecule has 0 aliphatic heterocycles. The van der Waals surface area contributed by atoms with E-state index < -0.39 is 0 Å². The zero-order valence-electron chi connectivity index (χ0n) is 16.4. The van der Waals surface area contributed by atoms with Crippen molar-refractivity contribution in [2.24, 2.45) is 0 Å². The van der Waals surface area contributed by atoms with Crippen LogP contribution in [0.4, 0.5) is 0 Å². The number of rotatable bonds is 5. The van der Waals surface area contributed by atoms with Crippen molar-refractivity contribution in [3.63, 3.8) is 0 Å². The first-order valence-electron chi connectivity index (χ1n) is 10.1. The van der Waals surface area contributed by atoms with Gasteiger partial charge in [0.15, 0.2) is 5.82 Å². The predicted molar refractivity (Wildman–Crippen MR) is 119 cm³/mol. The van der Waals surface area contributed by atoms with E-state index in [9.17, 15) is 0 Å². The van der Waals surface area contributed by atoms with Crippen LogP contribution in [0.1, 0.15) is 19.8 Å². The van der Waals surface area contributed by atoms with Crippen molar-refractivity contribution in [2.45, 2.75) is 26.3 Å². The van der Waals surface area contributed by atoms with Crippen LogP contribution < -0.4 is 0 Å². The van der Waals surface area contributed by atoms with Gasteiger partial charge in [0.1, 0.15) is 11.4 Å². The smallest absolute Gasteiger partial charge is 0.162 e. The molecule has 0 spiro atoms. The minimum atomic E-state index is 0.835. The molecule has 0 aliphatic rings. The van der Waals surface area contributed by atoms with Crippen molar-refractivity contribution < 1.29 is 0 Å². The van der Waals surface area contributed by atoms with Crippen LogP contribution in [-0.2, 0) is 6.54 Å². The highest BCUT2D eigenvalue weighted by Gasteiger charge is 2.19. The van der Waals surface area contributed by atoms with Crippen molar-refractivity contribution in [1.29, 1.82) is 0 Å². The first-order chi connectivity index (χ1) is 14.3. The normalized spacial score (nSPS) is 11.3. The Balaban J connectivity index is 1.82. The molecular weight excluding hydrogens is 356 g/mol. The summed E-state index contributed by atoms with van der Waals surface area (Å²) in [6.45, 7) is 3.12. The molecule has 0 atom stereocenters. The van der Waals surface area contributed by atoms with E-state index in [4.69, 9.17) is 15.0 Å². The van der Waals surface area contributed by atoms with Gasteiger partial charge in [-0.15, -0.1) is 0 Å². The second-order valence-corrected chi connectivity index (χ2v) is 7.20. The van der Waals surface area contributed by atoms with Crippen LogP contribution in [-0.4, -0.2) is 19.5 Å². The van der Waals surface area contributed by atoms with E-state index in [-0.39, 0.29) is 0 Å². The Labute approximate surface area is 169 Å². The summed E-state index contributed by atoms with van der Waals surface area (Å²) in [5, 5.41) is 0. The van der Waals surface area contributed by atoms with Gasteiger partial charge in [0.05, 0.1) is 22.1 Å². The Morgan fingerprint density at radius 3 is 2.00 bits per heavy atom. The fraction of sp³-hybridized carbons (Fsp3) is 0.160. The molecular formula is C25H22N4. The Kier molecular flexibility index (Phi) is 4.53. The molecule has 0 radical (unpaired) electrons. The molecule has 142 valence electrons. The fourth-order valence-corrected chi connectivity index (χ4v) is 3.75. The molecule has 0 fully saturated rings. The number of aryl methyl sites for hydroxylation is 1. The number of nitrogens with zero attached hydrogens (tertiary/aromatic N) is 4. The maximum absolute atomic E-state index is 5.04. The number of benzene rings is 3. The largest absolute Gasteiger partial charge is 0.323 e. The topological polar surface area (TPSA) is 43.6 Å². The first-order valence-corrected chi connectivity index (χ1v) is 10.1. The number of fused-ring (bicyclic) bond motifs is 2. The molecule has 0 amide bonds. The molecule has 0 N–H and O–H groups in total. The van der Waals surface area contributed by atoms with E-state index in [0.717, 1.165) is 64.2 Å². The summed E-state index contributed by atoms with van der Waals surface area (Å²) in [6.07, 6.45) is 2.22. The van der Waals surface area contributed by atoms with Crippen LogP contribution in [0.25, 0.3) is 44.8 Å². The van der Waals surface area contributed by atoms with Gasteiger partial charge in [0.2, 0.25) is 0 Å². The summed E-state index contributed by atoms with van der Waals surface area (Å²) in [5.41, 5.74) is 6.68. The second-order valence-electron chi connectivity index (χ2n) is 7.20. The van der Waals surface area contributed by atoms with Crippen molar-refractivity contribution in [3.05, 3.63) is 78.9 Å². The highest BCUT2D eigenvalue weighted by Crippen LogP contribution is 2.32. The van der Waals surface area contributed by atoms with E-state index >= 15 is 0 Å². The van der Waals surface area contributed by atoms with Crippen LogP contribution in [0.15, 0.2) is 78.9 Å². The van der Waals surface area contributed by atoms with Gasteiger partial charge in [-0.05, 0) is 30.7 Å². The summed E-state index contributed by atoms with van der Waals surface area (Å²) in [5.74, 6) is 0.886. The minimum absolute atomic E-state index is 0.835. The van der Waals surface area contributed by atoms with E-state index in [2.05, 4.69) is 41.8 Å². The summed E-state index contributed by atoms with van der Waals surface area (Å²) in [7, 11) is 0. The molecule has 4 heteroatoms. The number of hydrogen-bond donors (Lipinski definition) is 0. The molecule has 2 aromatic heterocycles. The van der Waals surface area contributed by atoms with Crippen molar-refractivity contribution >= 4 is 22.1 Å². The monoisotopic (exact) mass is 378 g/mol. The number of unbranched alkanes of at least 4 members (excludes halogenated alkanes) is 1. The van der Waals surface area contributed by atoms with Crippen LogP contribution in [0.3, 0.4) is 0 Å². The summed E-state index contributed by atoms with van der Waals surface area (Å²) >= 11 is 0. The molecule has 0 saturated heterocycles. The van der Waals surface area contributed by atoms with Gasteiger partial charge >= 0.3 is 0 Å². The standard InChI is InChI=1S/C25H22N4/c1-2-3-17-29-22-16-10-9-15-21(22)28-25(29)24-23(18-11-5-4-6-12-18)26-19-13-7-8-14-20(19)27-24/h4-16H,2-3,17H2,1H3. The summed E-state index contributed by atoms with van der Waals surface area (Å²) in [4.78, 5) is 15.0. The van der Waals surface area contributed by atoms with Crippen molar-refractivity contribution in [2.75, 3.05) is 0 Å². The lowest BCUT2D eigenvalue weighted by atomic mass is 10.1. The Morgan fingerprint density at radius 1 is 0.655 bits per heavy atom. The van der Waals surface area contributed by atoms with Gasteiger partial charge in [0.25, 0.3) is 0 Å². The quantitative estimate of drug-likeness (QED) is 0.370. The van der Waals surface area contributed by atoms with Gasteiger partial charge in [0, 0.05) is 12.1 Å². The van der Waals surface area contributed by atoms with Crippen LogP contribution in [0.5, 0.6) is 0 Å². The van der Waals surface area contributed by atoms with Gasteiger partial charge < -0.3 is 4.57 Å². The number of hydrogen-bond acceptors (Lipinski definition) is 3. The van der Waals surface area contributed by atoms with Gasteiger partial charge in [-0.25, -0.2) is 15.0 Å². The molecule has 5 aromatic rings. The van der Waals surface area contributed by atoms with E-state index in [0.29, 0.717) is 0 Å². The maximum Gasteiger partial charge on any atom is 0.162 e.